The van der Waals surface area contributed by atoms with E-state index in [1.807, 2.05) is 12.3 Å². The lowest BCUT2D eigenvalue weighted by molar-refractivity contribution is -0.138. The first kappa shape index (κ1) is 16.1. The van der Waals surface area contributed by atoms with Gasteiger partial charge >= 0.3 is 5.97 Å². The summed E-state index contributed by atoms with van der Waals surface area (Å²) >= 11 is 1.44. The van der Waals surface area contributed by atoms with Gasteiger partial charge in [0.2, 0.25) is 0 Å². The standard InChI is InChI=1S/C7H10N2O2S.2ClH/c1-4-3-12-6(9-4)2-5(8)7(10)11;;/h3,5H,2,8H2,1H3,(H,10,11);2*1H. The highest BCUT2D eigenvalue weighted by Crippen LogP contribution is 2.10. The van der Waals surface area contributed by atoms with Crippen molar-refractivity contribution in [1.82, 2.24) is 4.98 Å². The van der Waals surface area contributed by atoms with Crippen molar-refractivity contribution in [2.75, 3.05) is 0 Å². The molecule has 0 aliphatic rings. The number of aryl methyl sites for hydroxylation is 1. The summed E-state index contributed by atoms with van der Waals surface area (Å²) in [6, 6.07) is -0.837. The largest absolute Gasteiger partial charge is 0.480 e. The number of carboxylic acids is 1. The minimum Gasteiger partial charge on any atom is -0.480 e. The van der Waals surface area contributed by atoms with Crippen LogP contribution >= 0.6 is 36.2 Å². The van der Waals surface area contributed by atoms with Crippen molar-refractivity contribution in [3.05, 3.63) is 16.1 Å². The topological polar surface area (TPSA) is 76.2 Å². The Morgan fingerprint density at radius 3 is 2.64 bits per heavy atom. The number of carboxylic acid groups (broad SMARTS) is 1. The number of thiazole rings is 1. The maximum absolute atomic E-state index is 10.4. The third-order valence-corrected chi connectivity index (χ3v) is 2.37. The van der Waals surface area contributed by atoms with Crippen LogP contribution in [0.5, 0.6) is 0 Å². The Kier molecular flexibility index (Phi) is 8.04. The van der Waals surface area contributed by atoms with Crippen LogP contribution in [0.15, 0.2) is 5.38 Å². The fourth-order valence-electron chi connectivity index (χ4n) is 0.772. The summed E-state index contributed by atoms with van der Waals surface area (Å²) in [7, 11) is 0. The van der Waals surface area contributed by atoms with Gasteiger partial charge in [-0.05, 0) is 6.92 Å². The van der Waals surface area contributed by atoms with E-state index in [2.05, 4.69) is 4.98 Å². The molecule has 3 N–H and O–H groups in total. The van der Waals surface area contributed by atoms with Gasteiger partial charge < -0.3 is 10.8 Å². The maximum atomic E-state index is 10.4. The van der Waals surface area contributed by atoms with Crippen molar-refractivity contribution in [2.45, 2.75) is 19.4 Å². The highest BCUT2D eigenvalue weighted by Gasteiger charge is 2.13. The van der Waals surface area contributed by atoms with Gasteiger partial charge in [-0.2, -0.15) is 0 Å². The van der Waals surface area contributed by atoms with E-state index in [-0.39, 0.29) is 24.8 Å². The molecule has 0 aliphatic carbocycles. The van der Waals surface area contributed by atoms with Crippen molar-refractivity contribution < 1.29 is 9.90 Å². The molecule has 0 saturated heterocycles. The van der Waals surface area contributed by atoms with E-state index in [4.69, 9.17) is 10.8 Å². The minimum absolute atomic E-state index is 0. The van der Waals surface area contributed by atoms with Crippen molar-refractivity contribution in [2.24, 2.45) is 5.73 Å². The van der Waals surface area contributed by atoms with E-state index in [1.165, 1.54) is 11.3 Å². The average Bonchev–Trinajstić information content (AvgIpc) is 2.35. The molecule has 4 nitrogen and oxygen atoms in total. The molecule has 0 fully saturated rings. The molecule has 1 unspecified atom stereocenters. The monoisotopic (exact) mass is 258 g/mol. The predicted octanol–water partition coefficient (Wildman–Crippen LogP) is 1.25. The molecule has 7 heteroatoms. The molecule has 1 aromatic heterocycles. The van der Waals surface area contributed by atoms with E-state index in [9.17, 15) is 4.79 Å². The Balaban J connectivity index is 0. The number of nitrogens with zero attached hydrogens (tertiary/aromatic N) is 1. The zero-order valence-corrected chi connectivity index (χ0v) is 9.92. The van der Waals surface area contributed by atoms with Gasteiger partial charge in [-0.25, -0.2) is 4.98 Å². The van der Waals surface area contributed by atoms with Crippen molar-refractivity contribution in [1.29, 1.82) is 0 Å². The summed E-state index contributed by atoms with van der Waals surface area (Å²) in [5.41, 5.74) is 6.23. The third-order valence-electron chi connectivity index (χ3n) is 1.38. The van der Waals surface area contributed by atoms with E-state index >= 15 is 0 Å². The Labute approximate surface area is 98.4 Å². The summed E-state index contributed by atoms with van der Waals surface area (Å²) in [6.45, 7) is 1.87. The van der Waals surface area contributed by atoms with Gasteiger partial charge in [-0.15, -0.1) is 36.2 Å². The van der Waals surface area contributed by atoms with Gasteiger partial charge in [0, 0.05) is 17.5 Å². The molecule has 0 saturated carbocycles. The van der Waals surface area contributed by atoms with Gasteiger partial charge in [0.05, 0.1) is 5.01 Å². The van der Waals surface area contributed by atoms with Crippen LogP contribution in [0, 0.1) is 6.92 Å². The Hall–Kier alpha value is -0.360. The lowest BCUT2D eigenvalue weighted by Gasteiger charge is -2.01. The molecule has 0 spiro atoms. The van der Waals surface area contributed by atoms with Crippen molar-refractivity contribution in [3.63, 3.8) is 0 Å². The number of aliphatic carboxylic acids is 1. The lowest BCUT2D eigenvalue weighted by atomic mass is 10.2. The lowest BCUT2D eigenvalue weighted by Crippen LogP contribution is -2.32. The van der Waals surface area contributed by atoms with Crippen LogP contribution in [-0.4, -0.2) is 22.1 Å². The molecule has 14 heavy (non-hydrogen) atoms. The van der Waals surface area contributed by atoms with Crippen LogP contribution < -0.4 is 5.73 Å². The van der Waals surface area contributed by atoms with Crippen LogP contribution in [0.4, 0.5) is 0 Å². The summed E-state index contributed by atoms with van der Waals surface area (Å²) < 4.78 is 0. The second kappa shape index (κ2) is 7.00. The van der Waals surface area contributed by atoms with Crippen LogP contribution in [-0.2, 0) is 11.2 Å². The number of aromatic nitrogens is 1. The molecule has 0 aromatic carbocycles. The molecule has 0 radical (unpaired) electrons. The summed E-state index contributed by atoms with van der Waals surface area (Å²) in [5.74, 6) is -0.983. The molecule has 1 heterocycles. The van der Waals surface area contributed by atoms with Gasteiger partial charge in [0.15, 0.2) is 0 Å². The first-order chi connectivity index (χ1) is 5.59. The molecule has 0 aliphatic heterocycles. The summed E-state index contributed by atoms with van der Waals surface area (Å²) in [5, 5.41) is 11.2. The SMILES string of the molecule is Cc1csc(CC(N)C(=O)O)n1.Cl.Cl. The van der Waals surface area contributed by atoms with Gasteiger partial charge in [0.1, 0.15) is 6.04 Å². The van der Waals surface area contributed by atoms with E-state index in [0.717, 1.165) is 10.7 Å². The molecule has 0 bridgehead atoms. The molecular weight excluding hydrogens is 247 g/mol. The third kappa shape index (κ3) is 4.76. The molecular formula is C7H12Cl2N2O2S. The second-order valence-electron chi connectivity index (χ2n) is 2.53. The normalized spacial score (nSPS) is 11.0. The Bertz CT molecular complexity index is 293. The molecule has 1 rings (SSSR count). The molecule has 1 atom stereocenters. The first-order valence-corrected chi connectivity index (χ1v) is 4.37. The number of hydrogen-bond acceptors (Lipinski definition) is 4. The van der Waals surface area contributed by atoms with Crippen molar-refractivity contribution in [3.8, 4) is 0 Å². The summed E-state index contributed by atoms with van der Waals surface area (Å²) in [4.78, 5) is 14.5. The van der Waals surface area contributed by atoms with Crippen LogP contribution in [0.2, 0.25) is 0 Å². The number of nitrogens with two attached hydrogens (primary N) is 1. The quantitative estimate of drug-likeness (QED) is 0.856. The van der Waals surface area contributed by atoms with E-state index in [0.29, 0.717) is 6.42 Å². The van der Waals surface area contributed by atoms with Crippen molar-refractivity contribution >= 4 is 42.1 Å². The fourth-order valence-corrected chi connectivity index (χ4v) is 1.60. The predicted molar refractivity (Wildman–Crippen MR) is 60.7 cm³/mol. The van der Waals surface area contributed by atoms with E-state index < -0.39 is 12.0 Å². The molecule has 1 aromatic rings. The van der Waals surface area contributed by atoms with Gasteiger partial charge in [-0.1, -0.05) is 0 Å². The molecule has 0 amide bonds. The number of rotatable bonds is 3. The van der Waals surface area contributed by atoms with Gasteiger partial charge in [0.25, 0.3) is 0 Å². The fraction of sp³-hybridized carbons (Fsp3) is 0.429. The highest BCUT2D eigenvalue weighted by atomic mass is 35.5. The van der Waals surface area contributed by atoms with Crippen LogP contribution in [0.1, 0.15) is 10.7 Å². The zero-order valence-electron chi connectivity index (χ0n) is 7.47. The highest BCUT2D eigenvalue weighted by molar-refractivity contribution is 7.09. The van der Waals surface area contributed by atoms with E-state index in [1.54, 1.807) is 0 Å². The Morgan fingerprint density at radius 1 is 1.71 bits per heavy atom. The number of halogens is 2. The molecule has 82 valence electrons. The second-order valence-corrected chi connectivity index (χ2v) is 3.47. The Morgan fingerprint density at radius 2 is 2.29 bits per heavy atom. The first-order valence-electron chi connectivity index (χ1n) is 3.49. The summed E-state index contributed by atoms with van der Waals surface area (Å²) in [6.07, 6.45) is 0.313. The van der Waals surface area contributed by atoms with Crippen LogP contribution in [0.3, 0.4) is 0 Å². The minimum atomic E-state index is -0.983. The number of hydrogen-bond donors (Lipinski definition) is 2. The maximum Gasteiger partial charge on any atom is 0.320 e. The van der Waals surface area contributed by atoms with Gasteiger partial charge in [-0.3, -0.25) is 4.79 Å². The number of carbonyl (C=O) groups is 1. The zero-order chi connectivity index (χ0) is 9.14. The average molecular weight is 259 g/mol. The smallest absolute Gasteiger partial charge is 0.320 e. The van der Waals surface area contributed by atoms with Crippen LogP contribution in [0.25, 0.3) is 0 Å².